The number of rotatable bonds is 16. The Morgan fingerprint density at radius 3 is 1.74 bits per heavy atom. The van der Waals surface area contributed by atoms with Crippen LogP contribution in [0.1, 0.15) is 90.4 Å². The molecule has 0 aromatic rings. The van der Waals surface area contributed by atoms with Crippen molar-refractivity contribution in [1.29, 1.82) is 0 Å². The second-order valence-electron chi connectivity index (χ2n) is 6.22. The lowest BCUT2D eigenvalue weighted by molar-refractivity contribution is -0.147. The molecular formula is C18H32O5. The second kappa shape index (κ2) is 14.2. The summed E-state index contributed by atoms with van der Waals surface area (Å²) in [4.78, 5) is 33.5. The van der Waals surface area contributed by atoms with Crippen LogP contribution in [0.2, 0.25) is 0 Å². The maximum absolute atomic E-state index is 11.9. The van der Waals surface area contributed by atoms with Gasteiger partial charge < -0.3 is 10.2 Å². The Morgan fingerprint density at radius 2 is 1.26 bits per heavy atom. The van der Waals surface area contributed by atoms with Gasteiger partial charge in [0.2, 0.25) is 0 Å². The van der Waals surface area contributed by atoms with Gasteiger partial charge in [-0.3, -0.25) is 14.4 Å². The molecule has 1 unspecified atom stereocenters. The van der Waals surface area contributed by atoms with E-state index in [0.29, 0.717) is 6.42 Å². The van der Waals surface area contributed by atoms with E-state index in [1.54, 1.807) is 0 Å². The summed E-state index contributed by atoms with van der Waals surface area (Å²) >= 11 is 0. The van der Waals surface area contributed by atoms with Gasteiger partial charge in [-0.15, -0.1) is 0 Å². The Bertz CT molecular complexity index is 351. The summed E-state index contributed by atoms with van der Waals surface area (Å²) in [5, 5.41) is 17.6. The lowest BCUT2D eigenvalue weighted by atomic mass is 9.93. The summed E-state index contributed by atoms with van der Waals surface area (Å²) in [7, 11) is 0. The lowest BCUT2D eigenvalue weighted by Gasteiger charge is -2.10. The maximum atomic E-state index is 11.9. The summed E-state index contributed by atoms with van der Waals surface area (Å²) in [5.74, 6) is -3.38. The summed E-state index contributed by atoms with van der Waals surface area (Å²) in [6.45, 7) is 2.20. The number of hydrogen-bond donors (Lipinski definition) is 2. The molecule has 0 aliphatic rings. The van der Waals surface area contributed by atoms with E-state index in [0.717, 1.165) is 19.3 Å². The molecule has 0 rings (SSSR count). The van der Waals surface area contributed by atoms with E-state index >= 15 is 0 Å². The van der Waals surface area contributed by atoms with Crippen LogP contribution in [0.25, 0.3) is 0 Å². The van der Waals surface area contributed by atoms with Gasteiger partial charge in [0, 0.05) is 12.8 Å². The minimum absolute atomic E-state index is 0.0882. The molecule has 134 valence electrons. The molecule has 0 spiro atoms. The second-order valence-corrected chi connectivity index (χ2v) is 6.22. The van der Waals surface area contributed by atoms with E-state index in [4.69, 9.17) is 10.2 Å². The fourth-order valence-corrected chi connectivity index (χ4v) is 2.66. The predicted molar refractivity (Wildman–Crippen MR) is 89.5 cm³/mol. The highest BCUT2D eigenvalue weighted by Gasteiger charge is 2.25. The van der Waals surface area contributed by atoms with Gasteiger partial charge in [-0.2, -0.15) is 0 Å². The Kier molecular flexibility index (Phi) is 13.4. The fourth-order valence-electron chi connectivity index (χ4n) is 2.66. The van der Waals surface area contributed by atoms with Crippen LogP contribution in [-0.4, -0.2) is 27.9 Å². The van der Waals surface area contributed by atoms with Gasteiger partial charge in [-0.1, -0.05) is 58.3 Å². The van der Waals surface area contributed by atoms with Crippen molar-refractivity contribution >= 4 is 17.7 Å². The summed E-state index contributed by atoms with van der Waals surface area (Å²) < 4.78 is 0. The third kappa shape index (κ3) is 12.8. The van der Waals surface area contributed by atoms with Crippen molar-refractivity contribution in [3.05, 3.63) is 0 Å². The first-order valence-electron chi connectivity index (χ1n) is 8.96. The van der Waals surface area contributed by atoms with Crippen molar-refractivity contribution in [2.24, 2.45) is 5.92 Å². The number of carboxylic acid groups (broad SMARTS) is 2. The number of hydrogen-bond acceptors (Lipinski definition) is 3. The summed E-state index contributed by atoms with van der Waals surface area (Å²) in [5.41, 5.74) is 0. The molecule has 0 aliphatic carbocycles. The van der Waals surface area contributed by atoms with Crippen LogP contribution >= 0.6 is 0 Å². The fraction of sp³-hybridized carbons (Fsp3) is 0.833. The molecule has 2 N–H and O–H groups in total. The molecule has 0 aromatic heterocycles. The summed E-state index contributed by atoms with van der Waals surface area (Å²) in [6, 6.07) is 0. The molecule has 23 heavy (non-hydrogen) atoms. The minimum atomic E-state index is -1.13. The Balaban J connectivity index is 3.74. The molecule has 0 amide bonds. The van der Waals surface area contributed by atoms with Crippen LogP contribution in [0.3, 0.4) is 0 Å². The number of carbonyl (C=O) groups is 3. The first-order chi connectivity index (χ1) is 11.0. The monoisotopic (exact) mass is 328 g/mol. The van der Waals surface area contributed by atoms with Crippen LogP contribution in [0.5, 0.6) is 0 Å². The molecule has 1 atom stereocenters. The number of aliphatic carboxylic acids is 2. The summed E-state index contributed by atoms with van der Waals surface area (Å²) in [6.07, 6.45) is 10.9. The van der Waals surface area contributed by atoms with E-state index < -0.39 is 17.9 Å². The van der Waals surface area contributed by atoms with Gasteiger partial charge >= 0.3 is 11.9 Å². The molecule has 0 bridgehead atoms. The standard InChI is InChI=1S/C18H32O5/c1-2-3-4-5-6-7-8-9-10-13-16(19)15(18(22)23)12-11-14-17(20)21/h15H,2-14H2,1H3,(H,20,21)(H,22,23). The third-order valence-electron chi connectivity index (χ3n) is 4.10. The van der Waals surface area contributed by atoms with Crippen LogP contribution in [-0.2, 0) is 14.4 Å². The average molecular weight is 328 g/mol. The largest absolute Gasteiger partial charge is 0.481 e. The third-order valence-corrected chi connectivity index (χ3v) is 4.10. The van der Waals surface area contributed by atoms with Gasteiger partial charge in [0.25, 0.3) is 0 Å². The topological polar surface area (TPSA) is 91.7 Å². The van der Waals surface area contributed by atoms with E-state index in [9.17, 15) is 14.4 Å². The highest BCUT2D eigenvalue weighted by molar-refractivity contribution is 5.98. The Labute approximate surface area is 139 Å². The van der Waals surface area contributed by atoms with Crippen molar-refractivity contribution in [2.75, 3.05) is 0 Å². The minimum Gasteiger partial charge on any atom is -0.481 e. The van der Waals surface area contributed by atoms with Crippen LogP contribution in [0, 0.1) is 5.92 Å². The zero-order chi connectivity index (χ0) is 17.5. The Hall–Kier alpha value is -1.39. The van der Waals surface area contributed by atoms with E-state index in [-0.39, 0.29) is 25.0 Å². The molecule has 5 heteroatoms. The molecule has 0 saturated carbocycles. The first kappa shape index (κ1) is 21.6. The van der Waals surface area contributed by atoms with Gasteiger partial charge in [0.05, 0.1) is 0 Å². The van der Waals surface area contributed by atoms with Crippen molar-refractivity contribution in [2.45, 2.75) is 90.4 Å². The van der Waals surface area contributed by atoms with Crippen molar-refractivity contribution in [3.63, 3.8) is 0 Å². The molecule has 0 radical (unpaired) electrons. The molecule has 0 saturated heterocycles. The number of unbranched alkanes of at least 4 members (excludes halogenated alkanes) is 8. The molecule has 0 aromatic carbocycles. The number of carboxylic acids is 2. The van der Waals surface area contributed by atoms with Crippen molar-refractivity contribution < 1.29 is 24.6 Å². The predicted octanol–water partition coefficient (Wildman–Crippen LogP) is 4.43. The zero-order valence-corrected chi connectivity index (χ0v) is 14.4. The molecule has 0 aliphatic heterocycles. The van der Waals surface area contributed by atoms with Gasteiger partial charge in [-0.25, -0.2) is 0 Å². The van der Waals surface area contributed by atoms with Crippen molar-refractivity contribution in [3.8, 4) is 0 Å². The molecular weight excluding hydrogens is 296 g/mol. The zero-order valence-electron chi connectivity index (χ0n) is 14.4. The van der Waals surface area contributed by atoms with Crippen molar-refractivity contribution in [1.82, 2.24) is 0 Å². The van der Waals surface area contributed by atoms with Crippen LogP contribution < -0.4 is 0 Å². The van der Waals surface area contributed by atoms with E-state index in [1.165, 1.54) is 38.5 Å². The quantitative estimate of drug-likeness (QED) is 0.323. The smallest absolute Gasteiger partial charge is 0.314 e. The van der Waals surface area contributed by atoms with Gasteiger partial charge in [-0.05, 0) is 19.3 Å². The van der Waals surface area contributed by atoms with E-state index in [1.807, 2.05) is 0 Å². The van der Waals surface area contributed by atoms with Gasteiger partial charge in [0.1, 0.15) is 11.7 Å². The SMILES string of the molecule is CCCCCCCCCCCC(=O)C(CCCC(=O)O)C(=O)O. The maximum Gasteiger partial charge on any atom is 0.314 e. The molecule has 5 nitrogen and oxygen atoms in total. The van der Waals surface area contributed by atoms with E-state index in [2.05, 4.69) is 6.92 Å². The van der Waals surface area contributed by atoms with Crippen LogP contribution in [0.15, 0.2) is 0 Å². The molecule has 0 fully saturated rings. The van der Waals surface area contributed by atoms with Gasteiger partial charge in [0.15, 0.2) is 0 Å². The number of Topliss-reactive ketones (excluding diaryl/α,β-unsaturated/α-hetero) is 1. The number of ketones is 1. The Morgan fingerprint density at radius 1 is 0.739 bits per heavy atom. The number of carbonyl (C=O) groups excluding carboxylic acids is 1. The first-order valence-corrected chi connectivity index (χ1v) is 8.96. The molecule has 0 heterocycles. The highest BCUT2D eigenvalue weighted by atomic mass is 16.4. The highest BCUT2D eigenvalue weighted by Crippen LogP contribution is 2.16. The lowest BCUT2D eigenvalue weighted by Crippen LogP contribution is -2.24. The average Bonchev–Trinajstić information content (AvgIpc) is 2.49. The normalized spacial score (nSPS) is 12.0. The van der Waals surface area contributed by atoms with Crippen LogP contribution in [0.4, 0.5) is 0 Å².